The molecule has 29 heavy (non-hydrogen) atoms. The van der Waals surface area contributed by atoms with E-state index in [9.17, 15) is 4.79 Å². The van der Waals surface area contributed by atoms with Crippen molar-refractivity contribution < 1.29 is 18.8 Å². The molecule has 0 radical (unpaired) electrons. The Hall–Kier alpha value is -2.99. The fourth-order valence-electron chi connectivity index (χ4n) is 3.23. The molecular weight excluding hydrogens is 392 g/mol. The number of aromatic nitrogens is 1. The zero-order valence-electron chi connectivity index (χ0n) is 16.2. The van der Waals surface area contributed by atoms with E-state index in [4.69, 9.17) is 25.6 Å². The highest BCUT2D eigenvalue weighted by Gasteiger charge is 2.34. The maximum atomic E-state index is 13.0. The largest absolute Gasteiger partial charge is 0.497 e. The van der Waals surface area contributed by atoms with Crippen molar-refractivity contribution in [1.29, 1.82) is 0 Å². The Bertz CT molecular complexity index is 1030. The molecule has 0 saturated heterocycles. The van der Waals surface area contributed by atoms with Gasteiger partial charge in [-0.25, -0.2) is 0 Å². The third-order valence-electron chi connectivity index (χ3n) is 4.92. The molecule has 0 aliphatic heterocycles. The number of hydrogen-bond donors (Lipinski definition) is 0. The van der Waals surface area contributed by atoms with Crippen LogP contribution >= 0.6 is 11.6 Å². The zero-order chi connectivity index (χ0) is 20.4. The van der Waals surface area contributed by atoms with E-state index in [1.54, 1.807) is 32.4 Å². The van der Waals surface area contributed by atoms with Crippen molar-refractivity contribution in [3.8, 4) is 22.8 Å². The molecule has 1 saturated carbocycles. The number of carbonyl (C=O) groups excluding carboxylic acids is 1. The van der Waals surface area contributed by atoms with Crippen molar-refractivity contribution in [2.45, 2.75) is 25.4 Å². The summed E-state index contributed by atoms with van der Waals surface area (Å²) in [6.45, 7) is 0.358. The van der Waals surface area contributed by atoms with Gasteiger partial charge in [0.1, 0.15) is 17.2 Å². The van der Waals surface area contributed by atoms with E-state index in [1.165, 1.54) is 0 Å². The number of halogens is 1. The topological polar surface area (TPSA) is 64.8 Å². The summed E-state index contributed by atoms with van der Waals surface area (Å²) in [6.07, 6.45) is 1.96. The predicted octanol–water partition coefficient (Wildman–Crippen LogP) is 4.82. The van der Waals surface area contributed by atoms with Crippen molar-refractivity contribution in [1.82, 2.24) is 10.1 Å². The Balaban J connectivity index is 1.58. The average Bonchev–Trinajstić information content (AvgIpc) is 3.49. The zero-order valence-corrected chi connectivity index (χ0v) is 17.0. The number of rotatable bonds is 7. The van der Waals surface area contributed by atoms with E-state index in [2.05, 4.69) is 5.16 Å². The van der Waals surface area contributed by atoms with Crippen molar-refractivity contribution in [3.63, 3.8) is 0 Å². The minimum atomic E-state index is -0.0929. The molecule has 1 heterocycles. The van der Waals surface area contributed by atoms with Crippen LogP contribution in [-0.4, -0.2) is 36.2 Å². The highest BCUT2D eigenvalue weighted by atomic mass is 35.5. The van der Waals surface area contributed by atoms with Gasteiger partial charge in [0.15, 0.2) is 5.76 Å². The molecule has 1 aromatic heterocycles. The second-order valence-corrected chi connectivity index (χ2v) is 7.30. The molecule has 0 spiro atoms. The third kappa shape index (κ3) is 4.07. The molecule has 2 aromatic carbocycles. The summed E-state index contributed by atoms with van der Waals surface area (Å²) in [5.41, 5.74) is 1.94. The van der Waals surface area contributed by atoms with E-state index in [0.29, 0.717) is 40.1 Å². The van der Waals surface area contributed by atoms with Crippen LogP contribution in [0.15, 0.2) is 53.1 Å². The molecule has 0 N–H and O–H groups in total. The van der Waals surface area contributed by atoms with Crippen LogP contribution in [0, 0.1) is 0 Å². The number of carbonyl (C=O) groups is 1. The summed E-state index contributed by atoms with van der Waals surface area (Å²) >= 11 is 6.23. The van der Waals surface area contributed by atoms with Crippen molar-refractivity contribution in [2.75, 3.05) is 14.2 Å². The molecule has 3 aromatic rings. The normalized spacial score (nSPS) is 13.2. The fourth-order valence-corrected chi connectivity index (χ4v) is 3.45. The maximum Gasteiger partial charge on any atom is 0.255 e. The van der Waals surface area contributed by atoms with E-state index < -0.39 is 0 Å². The number of ether oxygens (including phenoxy) is 2. The van der Waals surface area contributed by atoms with Crippen LogP contribution in [0.1, 0.15) is 28.9 Å². The van der Waals surface area contributed by atoms with Crippen molar-refractivity contribution in [2.24, 2.45) is 0 Å². The Morgan fingerprint density at radius 2 is 1.97 bits per heavy atom. The second kappa shape index (κ2) is 8.17. The predicted molar refractivity (Wildman–Crippen MR) is 109 cm³/mol. The van der Waals surface area contributed by atoms with Gasteiger partial charge in [0.05, 0.1) is 36.9 Å². The molecule has 0 atom stereocenters. The maximum absolute atomic E-state index is 13.0. The van der Waals surface area contributed by atoms with Gasteiger partial charge in [-0.3, -0.25) is 4.79 Å². The van der Waals surface area contributed by atoms with Gasteiger partial charge in [0.25, 0.3) is 5.91 Å². The summed E-state index contributed by atoms with van der Waals surface area (Å²) in [7, 11) is 3.19. The van der Waals surface area contributed by atoms with Crippen LogP contribution in [0.5, 0.6) is 11.5 Å². The Kier molecular flexibility index (Phi) is 5.45. The highest BCUT2D eigenvalue weighted by molar-refractivity contribution is 6.33. The van der Waals surface area contributed by atoms with Gasteiger partial charge in [-0.2, -0.15) is 0 Å². The van der Waals surface area contributed by atoms with Crippen LogP contribution in [0.3, 0.4) is 0 Å². The summed E-state index contributed by atoms with van der Waals surface area (Å²) in [6, 6.07) is 14.6. The summed E-state index contributed by atoms with van der Waals surface area (Å²) in [5.74, 6) is 1.79. The lowest BCUT2D eigenvalue weighted by molar-refractivity contribution is 0.0726. The van der Waals surface area contributed by atoms with E-state index in [-0.39, 0.29) is 11.9 Å². The molecular formula is C22H21ClN2O4. The first-order valence-corrected chi connectivity index (χ1v) is 9.72. The molecule has 7 heteroatoms. The van der Waals surface area contributed by atoms with Crippen LogP contribution in [0.4, 0.5) is 0 Å². The van der Waals surface area contributed by atoms with Gasteiger partial charge < -0.3 is 18.9 Å². The molecule has 0 bridgehead atoms. The molecule has 1 aliphatic carbocycles. The first-order chi connectivity index (χ1) is 14.1. The molecule has 1 aliphatic rings. The minimum Gasteiger partial charge on any atom is -0.497 e. The second-order valence-electron chi connectivity index (χ2n) is 6.89. The molecule has 6 nitrogen and oxygen atoms in total. The molecule has 4 rings (SSSR count). The molecule has 1 fully saturated rings. The van der Waals surface area contributed by atoms with Gasteiger partial charge in [-0.05, 0) is 37.1 Å². The van der Waals surface area contributed by atoms with Crippen molar-refractivity contribution in [3.05, 3.63) is 64.8 Å². The molecule has 150 valence electrons. The Labute approximate surface area is 174 Å². The van der Waals surface area contributed by atoms with Gasteiger partial charge in [0.2, 0.25) is 0 Å². The van der Waals surface area contributed by atoms with Crippen LogP contribution in [-0.2, 0) is 6.54 Å². The van der Waals surface area contributed by atoms with E-state index in [1.807, 2.05) is 35.2 Å². The molecule has 0 unspecified atom stereocenters. The monoisotopic (exact) mass is 412 g/mol. The smallest absolute Gasteiger partial charge is 0.255 e. The summed E-state index contributed by atoms with van der Waals surface area (Å²) < 4.78 is 16.2. The lowest BCUT2D eigenvalue weighted by Crippen LogP contribution is -2.32. The first kappa shape index (κ1) is 19.3. The Morgan fingerprint density at radius 3 is 2.66 bits per heavy atom. The third-order valence-corrected chi connectivity index (χ3v) is 5.25. The Morgan fingerprint density at radius 1 is 1.17 bits per heavy atom. The summed E-state index contributed by atoms with van der Waals surface area (Å²) in [5, 5.41) is 4.62. The van der Waals surface area contributed by atoms with Crippen molar-refractivity contribution >= 4 is 17.5 Å². The highest BCUT2D eigenvalue weighted by Crippen LogP contribution is 2.35. The SMILES string of the molecule is COc1ccc(-c2cc(CN(C(=O)c3ccccc3Cl)C3CC3)no2)c(OC)c1. The van der Waals surface area contributed by atoms with Gasteiger partial charge in [-0.15, -0.1) is 0 Å². The van der Waals surface area contributed by atoms with E-state index in [0.717, 1.165) is 18.4 Å². The first-order valence-electron chi connectivity index (χ1n) is 9.34. The number of hydrogen-bond acceptors (Lipinski definition) is 5. The number of benzene rings is 2. The quantitative estimate of drug-likeness (QED) is 0.556. The lowest BCUT2D eigenvalue weighted by atomic mass is 10.1. The minimum absolute atomic E-state index is 0.0929. The van der Waals surface area contributed by atoms with Crippen LogP contribution in [0.2, 0.25) is 5.02 Å². The van der Waals surface area contributed by atoms with Crippen LogP contribution in [0.25, 0.3) is 11.3 Å². The lowest BCUT2D eigenvalue weighted by Gasteiger charge is -2.21. The number of amides is 1. The van der Waals surface area contributed by atoms with E-state index >= 15 is 0 Å². The standard InChI is InChI=1S/C22H21ClN2O4/c1-27-16-9-10-18(20(12-16)28-2)21-11-14(24-29-21)13-25(15-7-8-15)22(26)17-5-3-4-6-19(17)23/h3-6,9-12,15H,7-8,13H2,1-2H3. The fraction of sp³-hybridized carbons (Fsp3) is 0.273. The van der Waals surface area contributed by atoms with Gasteiger partial charge in [0, 0.05) is 18.2 Å². The van der Waals surface area contributed by atoms with Crippen LogP contribution < -0.4 is 9.47 Å². The van der Waals surface area contributed by atoms with Gasteiger partial charge in [-0.1, -0.05) is 28.9 Å². The number of methoxy groups -OCH3 is 2. The average molecular weight is 413 g/mol. The number of nitrogens with zero attached hydrogens (tertiary/aromatic N) is 2. The summed E-state index contributed by atoms with van der Waals surface area (Å²) in [4.78, 5) is 14.9. The van der Waals surface area contributed by atoms with Gasteiger partial charge >= 0.3 is 0 Å². The molecule has 1 amide bonds.